The second-order valence-electron chi connectivity index (χ2n) is 4.81. The zero-order chi connectivity index (χ0) is 13.4. The minimum atomic E-state index is -0.00153. The summed E-state index contributed by atoms with van der Waals surface area (Å²) in [6, 6.07) is 5.98. The summed E-state index contributed by atoms with van der Waals surface area (Å²) in [5, 5.41) is 11.3. The van der Waals surface area contributed by atoms with Crippen molar-refractivity contribution in [1.29, 1.82) is 0 Å². The predicted molar refractivity (Wildman–Crippen MR) is 77.2 cm³/mol. The maximum absolute atomic E-state index is 12.6. The highest BCUT2D eigenvalue weighted by molar-refractivity contribution is 9.10. The number of carbonyl (C=O) groups is 1. The Balaban J connectivity index is 1.99. The van der Waals surface area contributed by atoms with Crippen LogP contribution in [0.4, 0.5) is 0 Å². The Kier molecular flexibility index (Phi) is 3.28. The Morgan fingerprint density at radius 3 is 3.16 bits per heavy atom. The SMILES string of the molecule is CC1CNCCN1C(=O)c1n[nH]c2ccc(Br)cc12. The molecule has 19 heavy (non-hydrogen) atoms. The fraction of sp³-hybridized carbons (Fsp3) is 0.385. The van der Waals surface area contributed by atoms with Crippen LogP contribution in [-0.4, -0.2) is 46.7 Å². The van der Waals surface area contributed by atoms with Gasteiger partial charge < -0.3 is 10.2 Å². The average molecular weight is 323 g/mol. The lowest BCUT2D eigenvalue weighted by Crippen LogP contribution is -2.52. The third-order valence-electron chi connectivity index (χ3n) is 3.49. The van der Waals surface area contributed by atoms with Crippen molar-refractivity contribution >= 4 is 32.7 Å². The van der Waals surface area contributed by atoms with Crippen molar-refractivity contribution in [2.24, 2.45) is 0 Å². The normalized spacial score (nSPS) is 19.9. The number of carbonyl (C=O) groups excluding carboxylic acids is 1. The van der Waals surface area contributed by atoms with Crippen molar-refractivity contribution in [3.63, 3.8) is 0 Å². The highest BCUT2D eigenvalue weighted by Crippen LogP contribution is 2.22. The van der Waals surface area contributed by atoms with E-state index in [-0.39, 0.29) is 11.9 Å². The van der Waals surface area contributed by atoms with Crippen LogP contribution in [0.1, 0.15) is 17.4 Å². The number of H-pyrrole nitrogens is 1. The molecule has 6 heteroatoms. The molecule has 0 spiro atoms. The number of nitrogens with one attached hydrogen (secondary N) is 2. The van der Waals surface area contributed by atoms with E-state index in [1.54, 1.807) is 0 Å². The zero-order valence-electron chi connectivity index (χ0n) is 10.6. The van der Waals surface area contributed by atoms with Crippen LogP contribution in [0.2, 0.25) is 0 Å². The van der Waals surface area contributed by atoms with Gasteiger partial charge in [-0.15, -0.1) is 0 Å². The first-order chi connectivity index (χ1) is 9.16. The third kappa shape index (κ3) is 2.26. The average Bonchev–Trinajstić information content (AvgIpc) is 2.81. The highest BCUT2D eigenvalue weighted by atomic mass is 79.9. The van der Waals surface area contributed by atoms with Gasteiger partial charge in [0.25, 0.3) is 5.91 Å². The summed E-state index contributed by atoms with van der Waals surface area (Å²) in [4.78, 5) is 14.5. The van der Waals surface area contributed by atoms with E-state index in [4.69, 9.17) is 0 Å². The van der Waals surface area contributed by atoms with Gasteiger partial charge in [0, 0.05) is 35.5 Å². The Hall–Kier alpha value is -1.40. The molecule has 1 atom stereocenters. The van der Waals surface area contributed by atoms with Gasteiger partial charge in [-0.25, -0.2) is 0 Å². The van der Waals surface area contributed by atoms with E-state index in [2.05, 4.69) is 38.4 Å². The number of fused-ring (bicyclic) bond motifs is 1. The van der Waals surface area contributed by atoms with E-state index in [1.807, 2.05) is 23.1 Å². The van der Waals surface area contributed by atoms with Gasteiger partial charge in [0.1, 0.15) is 0 Å². The van der Waals surface area contributed by atoms with Crippen LogP contribution in [0, 0.1) is 0 Å². The number of nitrogens with zero attached hydrogens (tertiary/aromatic N) is 2. The second-order valence-corrected chi connectivity index (χ2v) is 5.73. The Morgan fingerprint density at radius 1 is 1.53 bits per heavy atom. The molecule has 1 aromatic carbocycles. The van der Waals surface area contributed by atoms with E-state index in [9.17, 15) is 4.79 Å². The summed E-state index contributed by atoms with van der Waals surface area (Å²) in [6.07, 6.45) is 0. The maximum atomic E-state index is 12.6. The van der Waals surface area contributed by atoms with Gasteiger partial charge in [-0.3, -0.25) is 9.89 Å². The van der Waals surface area contributed by atoms with E-state index in [0.717, 1.165) is 35.0 Å². The molecule has 100 valence electrons. The molecule has 2 heterocycles. The Bertz CT molecular complexity index is 624. The van der Waals surface area contributed by atoms with Crippen LogP contribution in [-0.2, 0) is 0 Å². The molecular formula is C13H15BrN4O. The van der Waals surface area contributed by atoms with Crippen LogP contribution in [0.25, 0.3) is 10.9 Å². The van der Waals surface area contributed by atoms with E-state index in [1.165, 1.54) is 0 Å². The summed E-state index contributed by atoms with van der Waals surface area (Å²) < 4.78 is 0.948. The summed E-state index contributed by atoms with van der Waals surface area (Å²) in [6.45, 7) is 4.44. The first-order valence-corrected chi connectivity index (χ1v) is 7.11. The fourth-order valence-corrected chi connectivity index (χ4v) is 2.79. The molecule has 5 nitrogen and oxygen atoms in total. The van der Waals surface area contributed by atoms with Crippen LogP contribution in [0.3, 0.4) is 0 Å². The summed E-state index contributed by atoms with van der Waals surface area (Å²) >= 11 is 3.43. The number of benzene rings is 1. The molecule has 0 bridgehead atoms. The smallest absolute Gasteiger partial charge is 0.275 e. The standard InChI is InChI=1S/C13H15BrN4O/c1-8-7-15-4-5-18(8)13(19)12-10-6-9(14)2-3-11(10)16-17-12/h2-3,6,8,15H,4-5,7H2,1H3,(H,16,17). The molecule has 1 unspecified atom stereocenters. The number of aromatic nitrogens is 2. The first-order valence-electron chi connectivity index (χ1n) is 6.32. The topological polar surface area (TPSA) is 61.0 Å². The minimum absolute atomic E-state index is 0.00153. The van der Waals surface area contributed by atoms with Crippen molar-refractivity contribution in [1.82, 2.24) is 20.4 Å². The van der Waals surface area contributed by atoms with Gasteiger partial charge >= 0.3 is 0 Å². The largest absolute Gasteiger partial charge is 0.332 e. The molecule has 0 radical (unpaired) electrons. The van der Waals surface area contributed by atoms with Gasteiger partial charge in [-0.1, -0.05) is 15.9 Å². The first kappa shape index (κ1) is 12.6. The number of aromatic amines is 1. The molecule has 3 rings (SSSR count). The number of halogens is 1. The quantitative estimate of drug-likeness (QED) is 0.841. The van der Waals surface area contributed by atoms with E-state index < -0.39 is 0 Å². The monoisotopic (exact) mass is 322 g/mol. The van der Waals surface area contributed by atoms with Crippen molar-refractivity contribution < 1.29 is 4.79 Å². The number of rotatable bonds is 1. The number of hydrogen-bond donors (Lipinski definition) is 2. The molecule has 1 saturated heterocycles. The summed E-state index contributed by atoms with van der Waals surface area (Å²) in [7, 11) is 0. The number of piperazine rings is 1. The van der Waals surface area contributed by atoms with Gasteiger partial charge in [0.2, 0.25) is 0 Å². The molecule has 1 aliphatic rings. The molecule has 1 aliphatic heterocycles. The molecule has 0 aliphatic carbocycles. The molecule has 1 amide bonds. The predicted octanol–water partition coefficient (Wildman–Crippen LogP) is 1.76. The molecular weight excluding hydrogens is 308 g/mol. The molecule has 2 aromatic rings. The van der Waals surface area contributed by atoms with Crippen molar-refractivity contribution in [3.8, 4) is 0 Å². The van der Waals surface area contributed by atoms with Crippen molar-refractivity contribution in [2.45, 2.75) is 13.0 Å². The van der Waals surface area contributed by atoms with E-state index in [0.29, 0.717) is 5.69 Å². The third-order valence-corrected chi connectivity index (χ3v) is 3.98. The number of amides is 1. The van der Waals surface area contributed by atoms with Crippen molar-refractivity contribution in [2.75, 3.05) is 19.6 Å². The summed E-state index contributed by atoms with van der Waals surface area (Å²) in [5.74, 6) is -0.00153. The lowest BCUT2D eigenvalue weighted by atomic mass is 10.1. The lowest BCUT2D eigenvalue weighted by Gasteiger charge is -2.33. The molecule has 2 N–H and O–H groups in total. The van der Waals surface area contributed by atoms with Gasteiger partial charge in [0.15, 0.2) is 5.69 Å². The van der Waals surface area contributed by atoms with Crippen molar-refractivity contribution in [3.05, 3.63) is 28.4 Å². The van der Waals surface area contributed by atoms with Gasteiger partial charge in [-0.05, 0) is 25.1 Å². The minimum Gasteiger partial charge on any atom is -0.332 e. The van der Waals surface area contributed by atoms with Gasteiger partial charge in [0.05, 0.1) is 5.52 Å². The highest BCUT2D eigenvalue weighted by Gasteiger charge is 2.26. The fourth-order valence-electron chi connectivity index (χ4n) is 2.43. The maximum Gasteiger partial charge on any atom is 0.275 e. The Labute approximate surface area is 119 Å². The zero-order valence-corrected chi connectivity index (χ0v) is 12.2. The van der Waals surface area contributed by atoms with Crippen LogP contribution in [0.15, 0.2) is 22.7 Å². The van der Waals surface area contributed by atoms with Crippen LogP contribution in [0.5, 0.6) is 0 Å². The van der Waals surface area contributed by atoms with Crippen LogP contribution >= 0.6 is 15.9 Å². The summed E-state index contributed by atoms with van der Waals surface area (Å²) in [5.41, 5.74) is 1.39. The van der Waals surface area contributed by atoms with Gasteiger partial charge in [-0.2, -0.15) is 5.10 Å². The van der Waals surface area contributed by atoms with Crippen LogP contribution < -0.4 is 5.32 Å². The molecule has 1 fully saturated rings. The molecule has 1 aromatic heterocycles. The molecule has 0 saturated carbocycles. The Morgan fingerprint density at radius 2 is 2.37 bits per heavy atom. The van der Waals surface area contributed by atoms with E-state index >= 15 is 0 Å². The number of hydrogen-bond acceptors (Lipinski definition) is 3. The second kappa shape index (κ2) is 4.94. The lowest BCUT2D eigenvalue weighted by molar-refractivity contribution is 0.0651.